The molecule has 108 valence electrons. The van der Waals surface area contributed by atoms with E-state index in [1.165, 1.54) is 21.5 Å². The molecule has 2 aromatic rings. The molecule has 0 aliphatic rings. The summed E-state index contributed by atoms with van der Waals surface area (Å²) in [5, 5.41) is 6.85. The van der Waals surface area contributed by atoms with Crippen molar-refractivity contribution in [1.29, 1.82) is 0 Å². The van der Waals surface area contributed by atoms with Crippen LogP contribution in [0.15, 0.2) is 40.3 Å². The Morgan fingerprint density at radius 2 is 2.15 bits per heavy atom. The molecule has 0 aliphatic carbocycles. The van der Waals surface area contributed by atoms with E-state index in [1.807, 2.05) is 6.20 Å². The third-order valence-electron chi connectivity index (χ3n) is 3.27. The highest BCUT2D eigenvalue weighted by Gasteiger charge is 2.13. The molecule has 0 amide bonds. The molecule has 1 atom stereocenters. The van der Waals surface area contributed by atoms with Crippen molar-refractivity contribution in [3.8, 4) is 0 Å². The molecule has 2 nitrogen and oxygen atoms in total. The SMILES string of the molecule is CCCNCC(Cc1nccs1)Cc1ccccc1Br. The molecular weight excluding hydrogens is 332 g/mol. The van der Waals surface area contributed by atoms with Crippen LogP contribution in [0.3, 0.4) is 0 Å². The molecule has 0 spiro atoms. The summed E-state index contributed by atoms with van der Waals surface area (Å²) in [4.78, 5) is 4.43. The highest BCUT2D eigenvalue weighted by Crippen LogP contribution is 2.22. The first-order chi connectivity index (χ1) is 9.79. The van der Waals surface area contributed by atoms with Crippen molar-refractivity contribution in [2.24, 2.45) is 5.92 Å². The number of nitrogens with one attached hydrogen (secondary N) is 1. The van der Waals surface area contributed by atoms with Crippen molar-refractivity contribution in [3.05, 3.63) is 50.9 Å². The highest BCUT2D eigenvalue weighted by atomic mass is 79.9. The van der Waals surface area contributed by atoms with Gasteiger partial charge in [-0.25, -0.2) is 4.98 Å². The smallest absolute Gasteiger partial charge is 0.0928 e. The molecule has 1 aromatic heterocycles. The summed E-state index contributed by atoms with van der Waals surface area (Å²) in [6.07, 6.45) is 5.21. The maximum Gasteiger partial charge on any atom is 0.0928 e. The normalized spacial score (nSPS) is 12.5. The Bertz CT molecular complexity index is 499. The Hall–Kier alpha value is -0.710. The van der Waals surface area contributed by atoms with Gasteiger partial charge < -0.3 is 5.32 Å². The van der Waals surface area contributed by atoms with E-state index in [9.17, 15) is 0 Å². The van der Waals surface area contributed by atoms with E-state index >= 15 is 0 Å². The zero-order chi connectivity index (χ0) is 14.2. The number of rotatable bonds is 8. The average Bonchev–Trinajstić information content (AvgIpc) is 2.94. The van der Waals surface area contributed by atoms with Crippen LogP contribution in [0.25, 0.3) is 0 Å². The summed E-state index contributed by atoms with van der Waals surface area (Å²) < 4.78 is 1.21. The maximum absolute atomic E-state index is 4.43. The van der Waals surface area contributed by atoms with Crippen LogP contribution in [0.5, 0.6) is 0 Å². The first-order valence-electron chi connectivity index (χ1n) is 7.12. The summed E-state index contributed by atoms with van der Waals surface area (Å²) in [5.41, 5.74) is 1.38. The zero-order valence-corrected chi connectivity index (χ0v) is 14.2. The van der Waals surface area contributed by atoms with Gasteiger partial charge in [0.2, 0.25) is 0 Å². The molecule has 0 radical (unpaired) electrons. The Kier molecular flexibility index (Phi) is 6.70. The van der Waals surface area contributed by atoms with Crippen LogP contribution in [-0.4, -0.2) is 18.1 Å². The van der Waals surface area contributed by atoms with Crippen molar-refractivity contribution in [2.75, 3.05) is 13.1 Å². The minimum atomic E-state index is 0.589. The first kappa shape index (κ1) is 15.7. The summed E-state index contributed by atoms with van der Waals surface area (Å²) >= 11 is 5.41. The van der Waals surface area contributed by atoms with E-state index in [2.05, 4.69) is 62.8 Å². The number of nitrogens with zero attached hydrogens (tertiary/aromatic N) is 1. The maximum atomic E-state index is 4.43. The molecule has 1 aromatic carbocycles. The Balaban J connectivity index is 1.99. The number of aromatic nitrogens is 1. The fraction of sp³-hybridized carbons (Fsp3) is 0.438. The number of thiazole rings is 1. The van der Waals surface area contributed by atoms with Gasteiger partial charge in [0.25, 0.3) is 0 Å². The lowest BCUT2D eigenvalue weighted by Gasteiger charge is -2.17. The van der Waals surface area contributed by atoms with Gasteiger partial charge in [-0.05, 0) is 43.5 Å². The molecular formula is C16H21BrN2S. The molecule has 1 N–H and O–H groups in total. The summed E-state index contributed by atoms with van der Waals surface area (Å²) in [5.74, 6) is 0.589. The minimum absolute atomic E-state index is 0.589. The summed E-state index contributed by atoms with van der Waals surface area (Å²) in [6.45, 7) is 4.34. The second-order valence-corrected chi connectivity index (χ2v) is 6.83. The van der Waals surface area contributed by atoms with Gasteiger partial charge in [-0.2, -0.15) is 0 Å². The van der Waals surface area contributed by atoms with Crippen LogP contribution >= 0.6 is 27.3 Å². The fourth-order valence-corrected chi connectivity index (χ4v) is 3.45. The van der Waals surface area contributed by atoms with E-state index in [1.54, 1.807) is 11.3 Å². The van der Waals surface area contributed by atoms with E-state index in [0.29, 0.717) is 5.92 Å². The van der Waals surface area contributed by atoms with Gasteiger partial charge in [-0.3, -0.25) is 0 Å². The standard InChI is InChI=1S/C16H21BrN2S/c1-2-7-18-12-13(11-16-19-8-9-20-16)10-14-5-3-4-6-15(14)17/h3-6,8-9,13,18H,2,7,10-12H2,1H3. The lowest BCUT2D eigenvalue weighted by Crippen LogP contribution is -2.26. The molecule has 0 aliphatic heterocycles. The van der Waals surface area contributed by atoms with Crippen LogP contribution < -0.4 is 5.32 Å². The Morgan fingerprint density at radius 3 is 2.85 bits per heavy atom. The molecule has 2 rings (SSSR count). The summed E-state index contributed by atoms with van der Waals surface area (Å²) in [6, 6.07) is 8.51. The van der Waals surface area contributed by atoms with E-state index in [4.69, 9.17) is 0 Å². The summed E-state index contributed by atoms with van der Waals surface area (Å²) in [7, 11) is 0. The minimum Gasteiger partial charge on any atom is -0.316 e. The van der Waals surface area contributed by atoms with E-state index in [-0.39, 0.29) is 0 Å². The molecule has 4 heteroatoms. The van der Waals surface area contributed by atoms with Crippen LogP contribution in [-0.2, 0) is 12.8 Å². The quantitative estimate of drug-likeness (QED) is 0.716. The van der Waals surface area contributed by atoms with Gasteiger partial charge in [0.1, 0.15) is 0 Å². The van der Waals surface area contributed by atoms with Gasteiger partial charge in [-0.1, -0.05) is 41.1 Å². The van der Waals surface area contributed by atoms with Crippen LogP contribution in [0.4, 0.5) is 0 Å². The van der Waals surface area contributed by atoms with Gasteiger partial charge >= 0.3 is 0 Å². The number of benzene rings is 1. The van der Waals surface area contributed by atoms with Gasteiger partial charge in [0.15, 0.2) is 0 Å². The lowest BCUT2D eigenvalue weighted by atomic mass is 9.96. The molecule has 20 heavy (non-hydrogen) atoms. The van der Waals surface area contributed by atoms with Gasteiger partial charge in [0, 0.05) is 22.5 Å². The topological polar surface area (TPSA) is 24.9 Å². The number of hydrogen-bond donors (Lipinski definition) is 1. The Morgan fingerprint density at radius 1 is 1.30 bits per heavy atom. The molecule has 0 fully saturated rings. The van der Waals surface area contributed by atoms with E-state index in [0.717, 1.165) is 25.9 Å². The molecule has 0 bridgehead atoms. The van der Waals surface area contributed by atoms with Crippen LogP contribution in [0.2, 0.25) is 0 Å². The second-order valence-electron chi connectivity index (χ2n) is 5.00. The van der Waals surface area contributed by atoms with Gasteiger partial charge in [0.05, 0.1) is 5.01 Å². The van der Waals surface area contributed by atoms with Gasteiger partial charge in [-0.15, -0.1) is 11.3 Å². The number of hydrogen-bond acceptors (Lipinski definition) is 3. The molecule has 0 saturated carbocycles. The molecule has 1 heterocycles. The Labute approximate surface area is 133 Å². The zero-order valence-electron chi connectivity index (χ0n) is 11.8. The van der Waals surface area contributed by atoms with Crippen LogP contribution in [0, 0.1) is 5.92 Å². The second kappa shape index (κ2) is 8.55. The predicted octanol–water partition coefficient (Wildman–Crippen LogP) is 4.31. The van der Waals surface area contributed by atoms with E-state index < -0.39 is 0 Å². The lowest BCUT2D eigenvalue weighted by molar-refractivity contribution is 0.469. The highest BCUT2D eigenvalue weighted by molar-refractivity contribution is 9.10. The van der Waals surface area contributed by atoms with Crippen LogP contribution in [0.1, 0.15) is 23.9 Å². The van der Waals surface area contributed by atoms with Crippen molar-refractivity contribution in [2.45, 2.75) is 26.2 Å². The third kappa shape index (κ3) is 5.00. The molecule has 1 unspecified atom stereocenters. The molecule has 0 saturated heterocycles. The first-order valence-corrected chi connectivity index (χ1v) is 8.79. The predicted molar refractivity (Wildman–Crippen MR) is 90.3 cm³/mol. The van der Waals surface area contributed by atoms with Crippen molar-refractivity contribution in [3.63, 3.8) is 0 Å². The average molecular weight is 353 g/mol. The van der Waals surface area contributed by atoms with Crippen molar-refractivity contribution >= 4 is 27.3 Å². The fourth-order valence-electron chi connectivity index (χ4n) is 2.28. The van der Waals surface area contributed by atoms with Crippen molar-refractivity contribution < 1.29 is 0 Å². The third-order valence-corrected chi connectivity index (χ3v) is 4.85. The largest absolute Gasteiger partial charge is 0.316 e. The monoisotopic (exact) mass is 352 g/mol. The number of halogens is 1. The van der Waals surface area contributed by atoms with Crippen molar-refractivity contribution in [1.82, 2.24) is 10.3 Å².